The van der Waals surface area contributed by atoms with Crippen molar-refractivity contribution in [3.05, 3.63) is 36.0 Å². The first kappa shape index (κ1) is 16.6. The van der Waals surface area contributed by atoms with Gasteiger partial charge in [-0.1, -0.05) is 32.0 Å². The molecule has 1 fully saturated rings. The summed E-state index contributed by atoms with van der Waals surface area (Å²) in [6.45, 7) is 6.78. The van der Waals surface area contributed by atoms with Crippen molar-refractivity contribution in [2.45, 2.75) is 26.7 Å². The average molecular weight is 327 g/mol. The minimum absolute atomic E-state index is 0.0469. The molecule has 0 bridgehead atoms. The molecule has 1 aliphatic rings. The summed E-state index contributed by atoms with van der Waals surface area (Å²) in [5.41, 5.74) is 1.69. The normalized spacial score (nSPS) is 15.8. The van der Waals surface area contributed by atoms with E-state index in [1.54, 1.807) is 6.20 Å². The highest BCUT2D eigenvalue weighted by Gasteiger charge is 2.24. The molecule has 24 heavy (non-hydrogen) atoms. The smallest absolute Gasteiger partial charge is 0.256 e. The van der Waals surface area contributed by atoms with Gasteiger partial charge in [-0.05, 0) is 18.4 Å². The van der Waals surface area contributed by atoms with E-state index in [4.69, 9.17) is 0 Å². The van der Waals surface area contributed by atoms with Crippen LogP contribution in [0.15, 0.2) is 30.5 Å². The van der Waals surface area contributed by atoms with Gasteiger partial charge in [0.2, 0.25) is 5.91 Å². The second kappa shape index (κ2) is 7.07. The Morgan fingerprint density at radius 1 is 1.08 bits per heavy atom. The topological polar surface area (TPSA) is 56.4 Å². The van der Waals surface area contributed by atoms with Crippen molar-refractivity contribution < 1.29 is 9.59 Å². The standard InChI is InChI=1S/C19H25N3O2/c1-14(2)12-18(23)21-8-5-9-22(11-10-21)19(24)16-13-20-17-7-4-3-6-15(16)17/h3-4,6-7,13-14,20H,5,8-12H2,1-2H3. The first-order valence-corrected chi connectivity index (χ1v) is 8.69. The van der Waals surface area contributed by atoms with Crippen molar-refractivity contribution in [1.29, 1.82) is 0 Å². The highest BCUT2D eigenvalue weighted by atomic mass is 16.2. The predicted octanol–water partition coefficient (Wildman–Crippen LogP) is 2.89. The van der Waals surface area contributed by atoms with Crippen molar-refractivity contribution in [3.63, 3.8) is 0 Å². The number of carbonyl (C=O) groups excluding carboxylic acids is 2. The summed E-state index contributed by atoms with van der Waals surface area (Å²) in [5, 5.41) is 0.958. The van der Waals surface area contributed by atoms with Gasteiger partial charge in [-0.15, -0.1) is 0 Å². The van der Waals surface area contributed by atoms with Crippen LogP contribution < -0.4 is 0 Å². The molecular weight excluding hydrogens is 302 g/mol. The first-order valence-electron chi connectivity index (χ1n) is 8.69. The zero-order chi connectivity index (χ0) is 17.1. The van der Waals surface area contributed by atoms with E-state index in [0.717, 1.165) is 23.9 Å². The number of hydrogen-bond acceptors (Lipinski definition) is 2. The Morgan fingerprint density at radius 3 is 2.58 bits per heavy atom. The van der Waals surface area contributed by atoms with Crippen LogP contribution in [0.4, 0.5) is 0 Å². The molecule has 1 aliphatic heterocycles. The van der Waals surface area contributed by atoms with E-state index in [-0.39, 0.29) is 11.8 Å². The van der Waals surface area contributed by atoms with E-state index in [0.29, 0.717) is 37.5 Å². The highest BCUT2D eigenvalue weighted by Crippen LogP contribution is 2.20. The lowest BCUT2D eigenvalue weighted by atomic mass is 10.1. The molecule has 1 aromatic carbocycles. The molecule has 2 heterocycles. The fraction of sp³-hybridized carbons (Fsp3) is 0.474. The molecule has 1 aromatic heterocycles. The third kappa shape index (κ3) is 3.45. The Labute approximate surface area is 142 Å². The third-order valence-corrected chi connectivity index (χ3v) is 4.54. The van der Waals surface area contributed by atoms with Gasteiger partial charge in [0.1, 0.15) is 0 Å². The van der Waals surface area contributed by atoms with Crippen molar-refractivity contribution in [1.82, 2.24) is 14.8 Å². The van der Waals surface area contributed by atoms with Gasteiger partial charge >= 0.3 is 0 Å². The Morgan fingerprint density at radius 2 is 1.79 bits per heavy atom. The summed E-state index contributed by atoms with van der Waals surface area (Å²) in [6, 6.07) is 7.84. The van der Waals surface area contributed by atoms with Crippen LogP contribution >= 0.6 is 0 Å². The maximum absolute atomic E-state index is 12.9. The zero-order valence-electron chi connectivity index (χ0n) is 14.4. The number of H-pyrrole nitrogens is 1. The average Bonchev–Trinajstić information content (AvgIpc) is 2.82. The van der Waals surface area contributed by atoms with E-state index in [2.05, 4.69) is 18.8 Å². The number of hydrogen-bond donors (Lipinski definition) is 1. The van der Waals surface area contributed by atoms with Crippen LogP contribution in [0.5, 0.6) is 0 Å². The number of benzene rings is 1. The van der Waals surface area contributed by atoms with Crippen molar-refractivity contribution in [3.8, 4) is 0 Å². The van der Waals surface area contributed by atoms with Gasteiger partial charge in [0, 0.05) is 49.7 Å². The van der Waals surface area contributed by atoms with Crippen LogP contribution in [-0.2, 0) is 4.79 Å². The van der Waals surface area contributed by atoms with Crippen molar-refractivity contribution in [2.75, 3.05) is 26.2 Å². The summed E-state index contributed by atoms with van der Waals surface area (Å²) in [7, 11) is 0. The number of nitrogens with one attached hydrogen (secondary N) is 1. The summed E-state index contributed by atoms with van der Waals surface area (Å²) >= 11 is 0. The Hall–Kier alpha value is -2.30. The number of nitrogens with zero attached hydrogens (tertiary/aromatic N) is 2. The van der Waals surface area contributed by atoms with Crippen LogP contribution in [0.3, 0.4) is 0 Å². The number of amides is 2. The molecule has 5 heteroatoms. The highest BCUT2D eigenvalue weighted by molar-refractivity contribution is 6.06. The predicted molar refractivity (Wildman–Crippen MR) is 94.9 cm³/mol. The summed E-state index contributed by atoms with van der Waals surface area (Å²) in [6.07, 6.45) is 3.20. The maximum atomic E-state index is 12.9. The van der Waals surface area contributed by atoms with Crippen LogP contribution in [-0.4, -0.2) is 52.8 Å². The van der Waals surface area contributed by atoms with Crippen LogP contribution in [0, 0.1) is 5.92 Å². The maximum Gasteiger partial charge on any atom is 0.256 e. The minimum atomic E-state index is 0.0469. The molecule has 0 saturated carbocycles. The molecule has 0 aliphatic carbocycles. The molecule has 0 spiro atoms. The van der Waals surface area contributed by atoms with Gasteiger partial charge in [0.05, 0.1) is 5.56 Å². The van der Waals surface area contributed by atoms with Gasteiger partial charge < -0.3 is 14.8 Å². The van der Waals surface area contributed by atoms with Gasteiger partial charge in [-0.3, -0.25) is 9.59 Å². The van der Waals surface area contributed by atoms with Crippen molar-refractivity contribution in [2.24, 2.45) is 5.92 Å². The van der Waals surface area contributed by atoms with E-state index in [1.807, 2.05) is 34.1 Å². The number of carbonyl (C=O) groups is 2. The lowest BCUT2D eigenvalue weighted by Crippen LogP contribution is -2.37. The van der Waals surface area contributed by atoms with E-state index < -0.39 is 0 Å². The number of aromatic amines is 1. The van der Waals surface area contributed by atoms with Crippen LogP contribution in [0.25, 0.3) is 10.9 Å². The first-order chi connectivity index (χ1) is 11.6. The van der Waals surface area contributed by atoms with Gasteiger partial charge in [0.15, 0.2) is 0 Å². The number of fused-ring (bicyclic) bond motifs is 1. The molecule has 1 saturated heterocycles. The van der Waals surface area contributed by atoms with Gasteiger partial charge in [0.25, 0.3) is 5.91 Å². The Bertz CT molecular complexity index is 735. The second-order valence-electron chi connectivity index (χ2n) is 6.87. The number of rotatable bonds is 3. The molecule has 2 amide bonds. The Kier molecular flexibility index (Phi) is 4.88. The van der Waals surface area contributed by atoms with E-state index in [1.165, 1.54) is 0 Å². The SMILES string of the molecule is CC(C)CC(=O)N1CCCN(C(=O)c2c[nH]c3ccccc23)CC1. The molecule has 3 rings (SSSR count). The van der Waals surface area contributed by atoms with Gasteiger partial charge in [-0.25, -0.2) is 0 Å². The molecule has 0 unspecified atom stereocenters. The Balaban J connectivity index is 1.70. The quantitative estimate of drug-likeness (QED) is 0.942. The summed E-state index contributed by atoms with van der Waals surface area (Å²) in [4.78, 5) is 32.1. The van der Waals surface area contributed by atoms with E-state index >= 15 is 0 Å². The fourth-order valence-electron chi connectivity index (χ4n) is 3.27. The lowest BCUT2D eigenvalue weighted by Gasteiger charge is -2.22. The zero-order valence-corrected chi connectivity index (χ0v) is 14.4. The largest absolute Gasteiger partial charge is 0.360 e. The molecule has 5 nitrogen and oxygen atoms in total. The van der Waals surface area contributed by atoms with Crippen LogP contribution in [0.2, 0.25) is 0 Å². The lowest BCUT2D eigenvalue weighted by molar-refractivity contribution is -0.131. The van der Waals surface area contributed by atoms with Crippen LogP contribution in [0.1, 0.15) is 37.0 Å². The summed E-state index contributed by atoms with van der Waals surface area (Å²) in [5.74, 6) is 0.613. The van der Waals surface area contributed by atoms with Crippen molar-refractivity contribution >= 4 is 22.7 Å². The number of para-hydroxylation sites is 1. The van der Waals surface area contributed by atoms with E-state index in [9.17, 15) is 9.59 Å². The molecule has 0 radical (unpaired) electrons. The molecule has 1 N–H and O–H groups in total. The monoisotopic (exact) mass is 327 g/mol. The molecule has 2 aromatic rings. The summed E-state index contributed by atoms with van der Waals surface area (Å²) < 4.78 is 0. The number of aromatic nitrogens is 1. The molecular formula is C19H25N3O2. The molecule has 128 valence electrons. The third-order valence-electron chi connectivity index (χ3n) is 4.54. The van der Waals surface area contributed by atoms with Gasteiger partial charge in [-0.2, -0.15) is 0 Å². The molecule has 0 atom stereocenters. The fourth-order valence-corrected chi connectivity index (χ4v) is 3.27. The second-order valence-corrected chi connectivity index (χ2v) is 6.87. The minimum Gasteiger partial charge on any atom is -0.360 e.